The minimum atomic E-state index is 0.0672. The number of nitrogens with zero attached hydrogens (tertiary/aromatic N) is 3. The van der Waals surface area contributed by atoms with Gasteiger partial charge in [0.25, 0.3) is 0 Å². The summed E-state index contributed by atoms with van der Waals surface area (Å²) in [5.74, 6) is 0.0672. The van der Waals surface area contributed by atoms with E-state index in [0.29, 0.717) is 16.5 Å². The van der Waals surface area contributed by atoms with E-state index in [1.165, 1.54) is 12.8 Å². The van der Waals surface area contributed by atoms with Gasteiger partial charge in [0.05, 0.1) is 27.8 Å². The van der Waals surface area contributed by atoms with Crippen LogP contribution >= 0.6 is 23.2 Å². The van der Waals surface area contributed by atoms with Gasteiger partial charge in [-0.15, -0.1) is 0 Å². The van der Waals surface area contributed by atoms with Crippen molar-refractivity contribution in [1.82, 2.24) is 20.0 Å². The van der Waals surface area contributed by atoms with Crippen molar-refractivity contribution in [3.8, 4) is 5.69 Å². The Morgan fingerprint density at radius 2 is 2.00 bits per heavy atom. The largest absolute Gasteiger partial charge is 0.352 e. The first-order valence-corrected chi connectivity index (χ1v) is 10.2. The van der Waals surface area contributed by atoms with Crippen LogP contribution in [-0.4, -0.2) is 45.8 Å². The number of halogens is 2. The van der Waals surface area contributed by atoms with E-state index in [1.54, 1.807) is 12.1 Å². The van der Waals surface area contributed by atoms with Crippen LogP contribution in [-0.2, 0) is 11.2 Å². The number of aryl methyl sites for hydroxylation is 1. The maximum absolute atomic E-state index is 12.6. The Bertz CT molecular complexity index is 875. The molecule has 27 heavy (non-hydrogen) atoms. The number of amides is 1. The average molecular weight is 407 g/mol. The fraction of sp³-hybridized carbons (Fsp3) is 0.500. The summed E-state index contributed by atoms with van der Waals surface area (Å²) in [5.41, 5.74) is 3.62. The van der Waals surface area contributed by atoms with Crippen LogP contribution in [0.1, 0.15) is 36.2 Å². The van der Waals surface area contributed by atoms with Crippen LogP contribution in [0.15, 0.2) is 18.2 Å². The summed E-state index contributed by atoms with van der Waals surface area (Å²) >= 11 is 12.1. The van der Waals surface area contributed by atoms with Gasteiger partial charge in [0.15, 0.2) is 0 Å². The summed E-state index contributed by atoms with van der Waals surface area (Å²) in [6, 6.07) is 6.46. The molecule has 1 aromatic carbocycles. The Balaban J connectivity index is 1.45. The molecule has 2 heterocycles. The molecule has 1 saturated heterocycles. The van der Waals surface area contributed by atoms with Gasteiger partial charge >= 0.3 is 0 Å². The second-order valence-electron chi connectivity index (χ2n) is 7.62. The van der Waals surface area contributed by atoms with E-state index in [0.717, 1.165) is 48.2 Å². The van der Waals surface area contributed by atoms with Gasteiger partial charge in [-0.3, -0.25) is 9.69 Å². The molecular weight excluding hydrogens is 383 g/mol. The summed E-state index contributed by atoms with van der Waals surface area (Å²) < 4.78 is 1.82. The van der Waals surface area contributed by atoms with Crippen molar-refractivity contribution in [2.75, 3.05) is 13.1 Å². The minimum absolute atomic E-state index is 0.0672. The molecule has 5 nitrogen and oxygen atoms in total. The van der Waals surface area contributed by atoms with E-state index in [2.05, 4.69) is 15.3 Å². The van der Waals surface area contributed by atoms with Crippen LogP contribution in [0.5, 0.6) is 0 Å². The van der Waals surface area contributed by atoms with Gasteiger partial charge in [-0.1, -0.05) is 23.2 Å². The van der Waals surface area contributed by atoms with Crippen molar-refractivity contribution in [3.05, 3.63) is 45.2 Å². The van der Waals surface area contributed by atoms with Crippen LogP contribution in [0.3, 0.4) is 0 Å². The second kappa shape index (κ2) is 7.46. The molecule has 1 atom stereocenters. The smallest absolute Gasteiger partial charge is 0.224 e. The standard InChI is InChI=1S/C20H24Cl2N4O/c1-12-17(10-20(27)23-14-7-8-25(11-14)15-3-4-15)13(2)26(24-12)16-5-6-18(21)19(22)9-16/h5-6,9,14-15H,3-4,7-8,10-11H2,1-2H3,(H,23,27). The van der Waals surface area contributed by atoms with E-state index in [4.69, 9.17) is 23.2 Å². The molecular formula is C20H24Cl2N4O. The Hall–Kier alpha value is -1.56. The van der Waals surface area contributed by atoms with E-state index >= 15 is 0 Å². The number of carbonyl (C=O) groups excluding carboxylic acids is 1. The fourth-order valence-electron chi connectivity index (χ4n) is 3.91. The third kappa shape index (κ3) is 4.00. The lowest BCUT2D eigenvalue weighted by Gasteiger charge is -2.16. The molecule has 1 saturated carbocycles. The maximum atomic E-state index is 12.6. The highest BCUT2D eigenvalue weighted by Crippen LogP contribution is 2.30. The Kier molecular flexibility index (Phi) is 5.19. The summed E-state index contributed by atoms with van der Waals surface area (Å²) in [5, 5.41) is 8.81. The molecule has 2 fully saturated rings. The topological polar surface area (TPSA) is 50.2 Å². The van der Waals surface area contributed by atoms with E-state index in [9.17, 15) is 4.79 Å². The monoisotopic (exact) mass is 406 g/mol. The number of benzene rings is 1. The molecule has 1 aliphatic heterocycles. The van der Waals surface area contributed by atoms with Crippen molar-refractivity contribution in [1.29, 1.82) is 0 Å². The van der Waals surface area contributed by atoms with E-state index < -0.39 is 0 Å². The maximum Gasteiger partial charge on any atom is 0.224 e. The summed E-state index contributed by atoms with van der Waals surface area (Å²) in [4.78, 5) is 15.1. The van der Waals surface area contributed by atoms with Crippen LogP contribution in [0, 0.1) is 13.8 Å². The van der Waals surface area contributed by atoms with Gasteiger partial charge in [0, 0.05) is 36.4 Å². The molecule has 0 bridgehead atoms. The molecule has 0 radical (unpaired) electrons. The molecule has 1 unspecified atom stereocenters. The molecule has 4 rings (SSSR count). The Morgan fingerprint density at radius 3 is 2.70 bits per heavy atom. The number of hydrogen-bond acceptors (Lipinski definition) is 3. The molecule has 1 N–H and O–H groups in total. The van der Waals surface area contributed by atoms with E-state index in [1.807, 2.05) is 24.6 Å². The van der Waals surface area contributed by atoms with Gasteiger partial charge in [0.1, 0.15) is 0 Å². The van der Waals surface area contributed by atoms with Gasteiger partial charge in [0.2, 0.25) is 5.91 Å². The SMILES string of the molecule is Cc1nn(-c2ccc(Cl)c(Cl)c2)c(C)c1CC(=O)NC1CCN(C2CC2)C1. The first-order valence-electron chi connectivity index (χ1n) is 9.46. The second-order valence-corrected chi connectivity index (χ2v) is 8.43. The first kappa shape index (κ1) is 18.8. The summed E-state index contributed by atoms with van der Waals surface area (Å²) in [6.07, 6.45) is 4.02. The van der Waals surface area contributed by atoms with Gasteiger partial charge in [-0.05, 0) is 51.3 Å². The third-order valence-corrected chi connectivity index (χ3v) is 6.31. The molecule has 0 spiro atoms. The van der Waals surface area contributed by atoms with Crippen LogP contribution in [0.25, 0.3) is 5.69 Å². The predicted octanol–water partition coefficient (Wildman–Crippen LogP) is 3.69. The number of likely N-dealkylation sites (tertiary alicyclic amines) is 1. The number of aromatic nitrogens is 2. The van der Waals surface area contributed by atoms with Crippen LogP contribution < -0.4 is 5.32 Å². The van der Waals surface area contributed by atoms with Crippen LogP contribution in [0.4, 0.5) is 0 Å². The third-order valence-electron chi connectivity index (χ3n) is 5.57. The molecule has 1 aromatic heterocycles. The highest BCUT2D eigenvalue weighted by Gasteiger charge is 2.34. The zero-order chi connectivity index (χ0) is 19.1. The lowest BCUT2D eigenvalue weighted by atomic mass is 10.1. The van der Waals surface area contributed by atoms with Gasteiger partial charge in [-0.2, -0.15) is 5.10 Å². The molecule has 1 aliphatic carbocycles. The van der Waals surface area contributed by atoms with Gasteiger partial charge in [-0.25, -0.2) is 4.68 Å². The van der Waals surface area contributed by atoms with Crippen molar-refractivity contribution < 1.29 is 4.79 Å². The average Bonchev–Trinajstić information content (AvgIpc) is 3.32. The Labute approximate surface area is 169 Å². The van der Waals surface area contributed by atoms with Crippen molar-refractivity contribution >= 4 is 29.1 Å². The van der Waals surface area contributed by atoms with Gasteiger partial charge < -0.3 is 5.32 Å². The molecule has 7 heteroatoms. The summed E-state index contributed by atoms with van der Waals surface area (Å²) in [7, 11) is 0. The normalized spacial score (nSPS) is 20.2. The molecule has 2 aliphatic rings. The molecule has 1 amide bonds. The Morgan fingerprint density at radius 1 is 1.22 bits per heavy atom. The first-order chi connectivity index (χ1) is 12.9. The fourth-order valence-corrected chi connectivity index (χ4v) is 4.21. The number of carbonyl (C=O) groups is 1. The highest BCUT2D eigenvalue weighted by molar-refractivity contribution is 6.42. The predicted molar refractivity (Wildman–Crippen MR) is 108 cm³/mol. The number of hydrogen-bond donors (Lipinski definition) is 1. The minimum Gasteiger partial charge on any atom is -0.352 e. The quantitative estimate of drug-likeness (QED) is 0.823. The summed E-state index contributed by atoms with van der Waals surface area (Å²) in [6.45, 7) is 6.00. The number of nitrogens with one attached hydrogen (secondary N) is 1. The zero-order valence-corrected chi connectivity index (χ0v) is 17.1. The lowest BCUT2D eigenvalue weighted by molar-refractivity contribution is -0.121. The lowest BCUT2D eigenvalue weighted by Crippen LogP contribution is -2.38. The number of rotatable bonds is 5. The zero-order valence-electron chi connectivity index (χ0n) is 15.6. The van der Waals surface area contributed by atoms with Crippen molar-refractivity contribution in [2.24, 2.45) is 0 Å². The molecule has 144 valence electrons. The van der Waals surface area contributed by atoms with Crippen molar-refractivity contribution in [3.63, 3.8) is 0 Å². The van der Waals surface area contributed by atoms with Crippen LogP contribution in [0.2, 0.25) is 10.0 Å². The highest BCUT2D eigenvalue weighted by atomic mass is 35.5. The van der Waals surface area contributed by atoms with Crippen molar-refractivity contribution in [2.45, 2.75) is 51.6 Å². The van der Waals surface area contributed by atoms with E-state index in [-0.39, 0.29) is 11.9 Å². The molecule has 2 aromatic rings.